The first kappa shape index (κ1) is 78.2. The highest BCUT2D eigenvalue weighted by Gasteiger charge is 2.52. The van der Waals surface area contributed by atoms with Crippen LogP contribution < -0.4 is 26.8 Å². The van der Waals surface area contributed by atoms with Crippen LogP contribution in [0.25, 0.3) is 0 Å². The van der Waals surface area contributed by atoms with Crippen molar-refractivity contribution in [3.05, 3.63) is 145 Å². The second-order valence-corrected chi connectivity index (χ2v) is 24.3. The second-order valence-electron chi connectivity index (χ2n) is 24.3. The predicted octanol–water partition coefficient (Wildman–Crippen LogP) is 20.5. The average molecular weight is 1320 g/mol. The minimum Gasteiger partial charge on any atom is -0.302 e. The first-order valence-electron chi connectivity index (χ1n) is 32.5. The summed E-state index contributed by atoms with van der Waals surface area (Å²) in [4.78, 5) is 1.77. The third kappa shape index (κ3) is 19.9. The smallest absolute Gasteiger partial charge is 0.200 e. The zero-order valence-electron chi connectivity index (χ0n) is 52.8. The summed E-state index contributed by atoms with van der Waals surface area (Å²) in [6.07, 6.45) is 39.2. The third-order valence-electron chi connectivity index (χ3n) is 17.4. The van der Waals surface area contributed by atoms with Crippen molar-refractivity contribution in [2.45, 2.75) is 240 Å². The van der Waals surface area contributed by atoms with E-state index in [0.29, 0.717) is 0 Å². The molecule has 0 aliphatic rings. The summed E-state index contributed by atoms with van der Waals surface area (Å²) in [5.41, 5.74) is -8.26. The summed E-state index contributed by atoms with van der Waals surface area (Å²) >= 11 is 0. The minimum atomic E-state index is -7.22. The lowest BCUT2D eigenvalue weighted by Crippen LogP contribution is -3.07. The number of aryl methyl sites for hydroxylation is 3. The molecule has 0 spiro atoms. The number of halogens is 20. The maximum absolute atomic E-state index is 15.4. The molecule has 510 valence electrons. The number of unbranched alkanes of at least 4 members (excludes halogenated alkanes) is 30. The first-order chi connectivity index (χ1) is 43.3. The Labute approximate surface area is 523 Å². The fourth-order valence-electron chi connectivity index (χ4n) is 12.8. The Morgan fingerprint density at radius 2 is 0.385 bits per heavy atom. The fraction of sp³-hybridized carbons (Fsp3) is 0.565. The number of nitrogens with one attached hydrogen (secondary N) is 1. The van der Waals surface area contributed by atoms with Crippen molar-refractivity contribution < 1.29 is 92.7 Å². The van der Waals surface area contributed by atoms with Gasteiger partial charge in [-0.2, -0.15) is 0 Å². The van der Waals surface area contributed by atoms with Crippen LogP contribution in [-0.4, -0.2) is 19.2 Å². The fourth-order valence-corrected chi connectivity index (χ4v) is 12.8. The molecule has 0 saturated heterocycles. The monoisotopic (exact) mass is 1320 g/mol. The molecule has 0 heterocycles. The van der Waals surface area contributed by atoms with E-state index in [9.17, 15) is 52.7 Å². The lowest BCUT2D eigenvalue weighted by Gasteiger charge is -2.44. The van der Waals surface area contributed by atoms with E-state index < -0.39 is 144 Å². The summed E-state index contributed by atoms with van der Waals surface area (Å²) in [5, 5.41) is 0. The summed E-state index contributed by atoms with van der Waals surface area (Å²) in [6.45, 7) is 14.2. The molecule has 0 amide bonds. The van der Waals surface area contributed by atoms with Crippen LogP contribution in [0, 0.1) is 137 Å². The maximum Gasteiger partial charge on any atom is 0.200 e. The topological polar surface area (TPSA) is 4.44 Å². The zero-order valence-corrected chi connectivity index (χ0v) is 52.8. The molecule has 0 unspecified atom stereocenters. The first-order valence-corrected chi connectivity index (χ1v) is 32.5. The highest BCUT2D eigenvalue weighted by molar-refractivity contribution is 7.20. The Bertz CT molecular complexity index is 2670. The van der Waals surface area contributed by atoms with E-state index >= 15 is 35.1 Å². The normalized spacial score (nSPS) is 11.8. The molecule has 22 heteroatoms. The van der Waals surface area contributed by atoms with Gasteiger partial charge in [-0.1, -0.05) is 211 Å². The standard InChI is InChI=1S/C45H85N.C24BF20/c1-6-8-10-12-14-16-18-20-22-24-26-28-30-32-34-36-38-46(45-43(4)40-42(3)41-44(45)5)39-37-35-33-31-29-27-25-23-21-19-17-15-13-11-9-7-2;26-5-1(6(27)14(35)21(42)13(5)34)25(2-7(28)15(36)22(43)16(37)8(2)29,3-9(30)17(38)23(44)18(39)10(3)31)4-11(32)19(40)24(45)20(41)12(4)33/h40-41H,6-39H2,1-5H3;/q;-1/p+1. The molecule has 1 N–H and O–H groups in total. The van der Waals surface area contributed by atoms with E-state index in [0.717, 1.165) is 0 Å². The van der Waals surface area contributed by atoms with Crippen LogP contribution in [0.15, 0.2) is 12.1 Å². The van der Waals surface area contributed by atoms with E-state index in [2.05, 4.69) is 46.8 Å². The van der Waals surface area contributed by atoms with Crippen molar-refractivity contribution in [2.24, 2.45) is 0 Å². The molecule has 0 aromatic heterocycles. The van der Waals surface area contributed by atoms with Crippen LogP contribution >= 0.6 is 0 Å². The molecule has 5 rings (SSSR count). The number of hydrogen-bond acceptors (Lipinski definition) is 0. The van der Waals surface area contributed by atoms with Crippen molar-refractivity contribution in [3.8, 4) is 0 Å². The summed E-state index contributed by atoms with van der Waals surface area (Å²) < 4.78 is 294. The van der Waals surface area contributed by atoms with Crippen LogP contribution in [0.5, 0.6) is 0 Å². The Morgan fingerprint density at radius 1 is 0.231 bits per heavy atom. The van der Waals surface area contributed by atoms with Crippen LogP contribution in [0.4, 0.5) is 93.5 Å². The number of rotatable bonds is 39. The molecule has 0 bridgehead atoms. The van der Waals surface area contributed by atoms with Crippen molar-refractivity contribution >= 4 is 33.7 Å². The number of quaternary nitrogens is 1. The van der Waals surface area contributed by atoms with Gasteiger partial charge in [0.25, 0.3) is 0 Å². The van der Waals surface area contributed by atoms with Crippen molar-refractivity contribution in [2.75, 3.05) is 13.1 Å². The number of benzene rings is 5. The lowest BCUT2D eigenvalue weighted by atomic mass is 9.12. The van der Waals surface area contributed by atoms with Gasteiger partial charge >= 0.3 is 0 Å². The summed E-state index contributed by atoms with van der Waals surface area (Å²) in [5.74, 6) is -71.4. The third-order valence-corrected chi connectivity index (χ3v) is 17.4. The van der Waals surface area contributed by atoms with Gasteiger partial charge in [-0.25, -0.2) is 87.8 Å². The van der Waals surface area contributed by atoms with Crippen LogP contribution in [0.3, 0.4) is 0 Å². The van der Waals surface area contributed by atoms with Crippen LogP contribution in [0.2, 0.25) is 0 Å². The van der Waals surface area contributed by atoms with E-state index in [1.54, 1.807) is 10.6 Å². The Hall–Kier alpha value is -5.28. The molecule has 0 fully saturated rings. The molecule has 1 nitrogen and oxygen atoms in total. The maximum atomic E-state index is 15.4. The molecule has 91 heavy (non-hydrogen) atoms. The van der Waals surface area contributed by atoms with Gasteiger partial charge in [0, 0.05) is 11.1 Å². The van der Waals surface area contributed by atoms with Gasteiger partial charge in [0.05, 0.1) is 13.1 Å². The highest BCUT2D eigenvalue weighted by Crippen LogP contribution is 2.31. The summed E-state index contributed by atoms with van der Waals surface area (Å²) in [7, 11) is 0. The van der Waals surface area contributed by atoms with Gasteiger partial charge in [-0.3, -0.25) is 0 Å². The molecule has 0 radical (unpaired) electrons. The Kier molecular flexibility index (Phi) is 33.3. The molecule has 5 aromatic carbocycles. The van der Waals surface area contributed by atoms with Gasteiger partial charge < -0.3 is 4.90 Å². The van der Waals surface area contributed by atoms with Gasteiger partial charge in [0.1, 0.15) is 58.4 Å². The van der Waals surface area contributed by atoms with E-state index in [1.807, 2.05) is 0 Å². The van der Waals surface area contributed by atoms with E-state index in [-0.39, 0.29) is 0 Å². The second kappa shape index (κ2) is 38.8. The largest absolute Gasteiger partial charge is 0.302 e. The van der Waals surface area contributed by atoms with Crippen LogP contribution in [0.1, 0.15) is 236 Å². The SMILES string of the molecule is CCCCCCCCCCCCCCCCCC[NH+](CCCCCCCCCCCCCCCCCC)c1c(C)cc(C)cc1C.Fc1c(F)c(F)c([B-](c2c(F)c(F)c(F)c(F)c2F)(c2c(F)c(F)c(F)c(F)c2F)c2c(F)c(F)c(F)c(F)c2F)c(F)c1F. The van der Waals surface area contributed by atoms with Gasteiger partial charge in [-0.05, 0) is 46.5 Å². The van der Waals surface area contributed by atoms with Crippen molar-refractivity contribution in [1.29, 1.82) is 0 Å². The molecule has 5 aromatic rings. The van der Waals surface area contributed by atoms with Gasteiger partial charge in [0.2, 0.25) is 0 Å². The van der Waals surface area contributed by atoms with E-state index in [4.69, 9.17) is 0 Å². The zero-order chi connectivity index (χ0) is 67.7. The van der Waals surface area contributed by atoms with Crippen LogP contribution in [-0.2, 0) is 0 Å². The Balaban J connectivity index is 0.000000388. The molecule has 0 atom stereocenters. The molecule has 0 aliphatic heterocycles. The molecule has 0 aliphatic carbocycles. The predicted molar refractivity (Wildman–Crippen MR) is 319 cm³/mol. The van der Waals surface area contributed by atoms with Crippen molar-refractivity contribution in [3.63, 3.8) is 0 Å². The number of hydrogen-bond donors (Lipinski definition) is 1. The van der Waals surface area contributed by atoms with Gasteiger partial charge in [0.15, 0.2) is 69.8 Å². The lowest BCUT2D eigenvalue weighted by molar-refractivity contribution is -0.833. The average Bonchev–Trinajstić information content (AvgIpc) is 0.684. The molecule has 0 saturated carbocycles. The van der Waals surface area contributed by atoms with Crippen molar-refractivity contribution in [1.82, 2.24) is 0 Å². The minimum absolute atomic E-state index is 1.32. The summed E-state index contributed by atoms with van der Waals surface area (Å²) in [6, 6.07) is 4.84. The quantitative estimate of drug-likeness (QED) is 0.0131. The highest BCUT2D eigenvalue weighted by atomic mass is 19.2. The Morgan fingerprint density at radius 3 is 0.560 bits per heavy atom. The van der Waals surface area contributed by atoms with Gasteiger partial charge in [-0.15, -0.1) is 21.9 Å². The molecular formula is C69H86BF20N. The molecular weight excluding hydrogens is 1230 g/mol. The van der Waals surface area contributed by atoms with E-state index in [1.165, 1.54) is 235 Å².